The first kappa shape index (κ1) is 14.2. The lowest BCUT2D eigenvalue weighted by molar-refractivity contribution is 0.0929. The molecular formula is C13H18BrNO2. The van der Waals surface area contributed by atoms with Crippen molar-refractivity contribution in [1.29, 1.82) is 0 Å². The van der Waals surface area contributed by atoms with E-state index in [-0.39, 0.29) is 11.9 Å². The topological polar surface area (TPSA) is 38.3 Å². The molecule has 1 aromatic rings. The van der Waals surface area contributed by atoms with Gasteiger partial charge in [-0.1, -0.05) is 28.1 Å². The molecule has 1 amide bonds. The minimum atomic E-state index is -0.0327. The fourth-order valence-corrected chi connectivity index (χ4v) is 1.79. The quantitative estimate of drug-likeness (QED) is 0.820. The number of rotatable bonds is 6. The molecule has 1 atom stereocenters. The number of benzene rings is 1. The fourth-order valence-electron chi connectivity index (χ4n) is 1.42. The molecule has 1 aromatic carbocycles. The maximum absolute atomic E-state index is 11.9. The molecule has 0 aliphatic heterocycles. The normalized spacial score (nSPS) is 12.2. The van der Waals surface area contributed by atoms with E-state index in [4.69, 9.17) is 4.74 Å². The summed E-state index contributed by atoms with van der Waals surface area (Å²) in [5.74, 6) is -0.0327. The molecule has 0 heterocycles. The number of halogens is 1. The highest BCUT2D eigenvalue weighted by Gasteiger charge is 2.09. The molecule has 4 heteroatoms. The molecular weight excluding hydrogens is 282 g/mol. The number of methoxy groups -OCH3 is 1. The lowest BCUT2D eigenvalue weighted by atomic mass is 10.1. The van der Waals surface area contributed by atoms with E-state index in [2.05, 4.69) is 21.2 Å². The third-order valence-corrected chi connectivity index (χ3v) is 3.15. The third-order valence-electron chi connectivity index (χ3n) is 2.50. The Hall–Kier alpha value is -0.870. The first-order chi connectivity index (χ1) is 8.17. The van der Waals surface area contributed by atoms with Gasteiger partial charge in [0.05, 0.1) is 0 Å². The van der Waals surface area contributed by atoms with E-state index in [0.717, 1.165) is 17.3 Å². The van der Waals surface area contributed by atoms with E-state index in [1.807, 2.05) is 31.2 Å². The van der Waals surface area contributed by atoms with Crippen molar-refractivity contribution in [3.05, 3.63) is 35.4 Å². The molecule has 0 aromatic heterocycles. The van der Waals surface area contributed by atoms with Crippen LogP contribution in [-0.4, -0.2) is 25.7 Å². The van der Waals surface area contributed by atoms with Crippen LogP contribution in [0.15, 0.2) is 24.3 Å². The Bertz CT molecular complexity index is 351. The molecule has 1 unspecified atom stereocenters. The number of hydrogen-bond acceptors (Lipinski definition) is 2. The Morgan fingerprint density at radius 1 is 1.41 bits per heavy atom. The van der Waals surface area contributed by atoms with Gasteiger partial charge in [0.15, 0.2) is 0 Å². The maximum atomic E-state index is 11.9. The van der Waals surface area contributed by atoms with E-state index in [9.17, 15) is 4.79 Å². The summed E-state index contributed by atoms with van der Waals surface area (Å²) < 4.78 is 4.97. The van der Waals surface area contributed by atoms with E-state index < -0.39 is 0 Å². The Morgan fingerprint density at radius 3 is 2.59 bits per heavy atom. The molecule has 17 heavy (non-hydrogen) atoms. The SMILES string of the molecule is COCCC(C)NC(=O)c1ccc(CBr)cc1. The van der Waals surface area contributed by atoms with Crippen molar-refractivity contribution in [2.24, 2.45) is 0 Å². The second-order valence-corrected chi connectivity index (χ2v) is 4.55. The molecule has 0 aliphatic carbocycles. The summed E-state index contributed by atoms with van der Waals surface area (Å²) in [6, 6.07) is 7.70. The van der Waals surface area contributed by atoms with Crippen LogP contribution in [0.3, 0.4) is 0 Å². The summed E-state index contributed by atoms with van der Waals surface area (Å²) in [4.78, 5) is 11.9. The van der Waals surface area contributed by atoms with E-state index in [0.29, 0.717) is 12.2 Å². The number of ether oxygens (including phenoxy) is 1. The zero-order valence-electron chi connectivity index (χ0n) is 10.2. The van der Waals surface area contributed by atoms with Crippen molar-refractivity contribution in [3.8, 4) is 0 Å². The predicted octanol–water partition coefficient (Wildman–Crippen LogP) is 2.74. The standard InChI is InChI=1S/C13H18BrNO2/c1-10(7-8-17-2)15-13(16)12-5-3-11(9-14)4-6-12/h3-6,10H,7-9H2,1-2H3,(H,15,16). The van der Waals surface area contributed by atoms with E-state index in [1.165, 1.54) is 0 Å². The highest BCUT2D eigenvalue weighted by Crippen LogP contribution is 2.08. The van der Waals surface area contributed by atoms with Gasteiger partial charge in [-0.2, -0.15) is 0 Å². The second-order valence-electron chi connectivity index (χ2n) is 3.99. The minimum absolute atomic E-state index is 0.0327. The molecule has 0 radical (unpaired) electrons. The number of nitrogens with one attached hydrogen (secondary N) is 1. The number of amides is 1. The van der Waals surface area contributed by atoms with Gasteiger partial charge in [-0.25, -0.2) is 0 Å². The first-order valence-electron chi connectivity index (χ1n) is 5.62. The zero-order valence-corrected chi connectivity index (χ0v) is 11.8. The van der Waals surface area contributed by atoms with Gasteiger partial charge in [-0.3, -0.25) is 4.79 Å². The van der Waals surface area contributed by atoms with Crippen LogP contribution in [0.25, 0.3) is 0 Å². The van der Waals surface area contributed by atoms with Crippen LogP contribution in [-0.2, 0) is 10.1 Å². The molecule has 0 bridgehead atoms. The van der Waals surface area contributed by atoms with Crippen molar-refractivity contribution in [3.63, 3.8) is 0 Å². The van der Waals surface area contributed by atoms with Crippen molar-refractivity contribution in [2.75, 3.05) is 13.7 Å². The average molecular weight is 300 g/mol. The molecule has 94 valence electrons. The zero-order chi connectivity index (χ0) is 12.7. The van der Waals surface area contributed by atoms with Gasteiger partial charge < -0.3 is 10.1 Å². The lowest BCUT2D eigenvalue weighted by Crippen LogP contribution is -2.33. The summed E-state index contributed by atoms with van der Waals surface area (Å²) in [6.07, 6.45) is 0.821. The van der Waals surface area contributed by atoms with Crippen molar-refractivity contribution in [2.45, 2.75) is 24.7 Å². The summed E-state index contributed by atoms with van der Waals surface area (Å²) >= 11 is 3.37. The van der Waals surface area contributed by atoms with Crippen LogP contribution >= 0.6 is 15.9 Å². The van der Waals surface area contributed by atoms with Gasteiger partial charge in [-0.15, -0.1) is 0 Å². The molecule has 3 nitrogen and oxygen atoms in total. The van der Waals surface area contributed by atoms with Crippen molar-refractivity contribution >= 4 is 21.8 Å². The molecule has 0 saturated carbocycles. The van der Waals surface area contributed by atoms with Crippen molar-refractivity contribution < 1.29 is 9.53 Å². The maximum Gasteiger partial charge on any atom is 0.251 e. The van der Waals surface area contributed by atoms with Gasteiger partial charge >= 0.3 is 0 Å². The van der Waals surface area contributed by atoms with Crippen LogP contribution in [0.4, 0.5) is 0 Å². The fraction of sp³-hybridized carbons (Fsp3) is 0.462. The summed E-state index contributed by atoms with van der Waals surface area (Å²) in [6.45, 7) is 2.63. The van der Waals surface area contributed by atoms with Crippen LogP contribution < -0.4 is 5.32 Å². The molecule has 1 rings (SSSR count). The van der Waals surface area contributed by atoms with Gasteiger partial charge in [0.1, 0.15) is 0 Å². The molecule has 0 spiro atoms. The van der Waals surface area contributed by atoms with Crippen molar-refractivity contribution in [1.82, 2.24) is 5.32 Å². The van der Waals surface area contributed by atoms with Gasteiger partial charge in [-0.05, 0) is 31.0 Å². The second kappa shape index (κ2) is 7.45. The monoisotopic (exact) mass is 299 g/mol. The molecule has 0 aliphatic rings. The molecule has 0 fully saturated rings. The molecule has 1 N–H and O–H groups in total. The van der Waals surface area contributed by atoms with E-state index >= 15 is 0 Å². The highest BCUT2D eigenvalue weighted by molar-refractivity contribution is 9.08. The predicted molar refractivity (Wildman–Crippen MR) is 72.5 cm³/mol. The van der Waals surface area contributed by atoms with Gasteiger partial charge in [0, 0.05) is 30.7 Å². The molecule has 0 saturated heterocycles. The Labute approximate surface area is 111 Å². The first-order valence-corrected chi connectivity index (χ1v) is 6.74. The Morgan fingerprint density at radius 2 is 2.06 bits per heavy atom. The number of alkyl halides is 1. The van der Waals surface area contributed by atoms with Gasteiger partial charge in [0.25, 0.3) is 5.91 Å². The van der Waals surface area contributed by atoms with Crippen LogP contribution in [0, 0.1) is 0 Å². The smallest absolute Gasteiger partial charge is 0.251 e. The lowest BCUT2D eigenvalue weighted by Gasteiger charge is -2.13. The summed E-state index contributed by atoms with van der Waals surface area (Å²) in [5, 5.41) is 3.74. The third kappa shape index (κ3) is 4.88. The number of hydrogen-bond donors (Lipinski definition) is 1. The average Bonchev–Trinajstić information content (AvgIpc) is 2.36. The summed E-state index contributed by atoms with van der Waals surface area (Å²) in [7, 11) is 1.66. The summed E-state index contributed by atoms with van der Waals surface area (Å²) in [5.41, 5.74) is 1.85. The number of carbonyl (C=O) groups is 1. The van der Waals surface area contributed by atoms with Crippen LogP contribution in [0.2, 0.25) is 0 Å². The largest absolute Gasteiger partial charge is 0.385 e. The van der Waals surface area contributed by atoms with Crippen LogP contribution in [0.5, 0.6) is 0 Å². The Balaban J connectivity index is 2.51. The van der Waals surface area contributed by atoms with Crippen LogP contribution in [0.1, 0.15) is 29.3 Å². The Kier molecular flexibility index (Phi) is 6.22. The van der Waals surface area contributed by atoms with Gasteiger partial charge in [0.2, 0.25) is 0 Å². The highest BCUT2D eigenvalue weighted by atomic mass is 79.9. The minimum Gasteiger partial charge on any atom is -0.385 e. The van der Waals surface area contributed by atoms with E-state index in [1.54, 1.807) is 7.11 Å². The number of carbonyl (C=O) groups excluding carboxylic acids is 1.